The van der Waals surface area contributed by atoms with Crippen LogP contribution in [0.25, 0.3) is 0 Å². The molecule has 1 aliphatic rings. The zero-order valence-electron chi connectivity index (χ0n) is 16.4. The van der Waals surface area contributed by atoms with E-state index in [1.54, 1.807) is 34.5 Å². The highest BCUT2D eigenvalue weighted by Gasteiger charge is 2.22. The predicted octanol–water partition coefficient (Wildman–Crippen LogP) is 5.17. The topological polar surface area (TPSA) is 64.0 Å². The fourth-order valence-electron chi connectivity index (χ4n) is 3.22. The van der Waals surface area contributed by atoms with Gasteiger partial charge in [0.05, 0.1) is 26.4 Å². The van der Waals surface area contributed by atoms with Crippen LogP contribution in [0.5, 0.6) is 0 Å². The van der Waals surface area contributed by atoms with Gasteiger partial charge in [0.15, 0.2) is 5.16 Å². The number of nitrogens with zero attached hydrogens (tertiary/aromatic N) is 2. The number of rotatable bonds is 7. The summed E-state index contributed by atoms with van der Waals surface area (Å²) in [6.07, 6.45) is 1.49. The average Bonchev–Trinajstić information content (AvgIpc) is 3.24. The number of nitrogens with one attached hydrogen (secondary N) is 1. The van der Waals surface area contributed by atoms with Gasteiger partial charge in [-0.15, -0.1) is 11.8 Å². The smallest absolute Gasteiger partial charge is 0.268 e. The van der Waals surface area contributed by atoms with Gasteiger partial charge in [-0.2, -0.15) is 0 Å². The second kappa shape index (κ2) is 10.1. The second-order valence-corrected chi connectivity index (χ2v) is 9.79. The van der Waals surface area contributed by atoms with Gasteiger partial charge in [-0.25, -0.2) is 4.98 Å². The zero-order chi connectivity index (χ0) is 21.8. The van der Waals surface area contributed by atoms with Crippen LogP contribution in [0.3, 0.4) is 0 Å². The fourth-order valence-corrected chi connectivity index (χ4v) is 5.40. The molecule has 2 heterocycles. The van der Waals surface area contributed by atoms with Crippen molar-refractivity contribution in [2.45, 2.75) is 29.4 Å². The zero-order valence-corrected chi connectivity index (χ0v) is 19.6. The summed E-state index contributed by atoms with van der Waals surface area (Å²) < 4.78 is 1.70. The lowest BCUT2D eigenvalue weighted by molar-refractivity contribution is -0.113. The summed E-state index contributed by atoms with van der Waals surface area (Å²) in [7, 11) is 0. The molecule has 0 fully saturated rings. The number of amides is 1. The number of benzene rings is 2. The van der Waals surface area contributed by atoms with Crippen molar-refractivity contribution in [3.63, 3.8) is 0 Å². The quantitative estimate of drug-likeness (QED) is 0.364. The minimum atomic E-state index is -0.206. The Hall–Kier alpha value is -1.93. The Morgan fingerprint density at radius 2 is 1.97 bits per heavy atom. The van der Waals surface area contributed by atoms with Crippen LogP contribution in [-0.2, 0) is 24.2 Å². The van der Waals surface area contributed by atoms with Crippen LogP contribution in [-0.4, -0.2) is 27.0 Å². The summed E-state index contributed by atoms with van der Waals surface area (Å²) in [5.41, 5.74) is 2.53. The number of carbonyl (C=O) groups is 1. The molecule has 0 spiro atoms. The van der Waals surface area contributed by atoms with Gasteiger partial charge in [0.25, 0.3) is 5.56 Å². The molecule has 9 heteroatoms. The summed E-state index contributed by atoms with van der Waals surface area (Å²) >= 11 is 14.8. The van der Waals surface area contributed by atoms with Gasteiger partial charge in [-0.3, -0.25) is 14.2 Å². The number of thioether (sulfide) groups is 2. The molecule has 31 heavy (non-hydrogen) atoms. The summed E-state index contributed by atoms with van der Waals surface area (Å²) in [4.78, 5) is 31.0. The monoisotopic (exact) mass is 491 g/mol. The molecular formula is C22H19Cl2N3O2S2. The van der Waals surface area contributed by atoms with E-state index in [2.05, 4.69) is 5.32 Å². The van der Waals surface area contributed by atoms with Gasteiger partial charge >= 0.3 is 0 Å². The standard InChI is InChI=1S/C22H19Cl2N3O2S2/c23-16-7-6-15(12-17(16)24)25-19(28)13-31-22-26-18-9-11-30-20(18)21(29)27(22)10-8-14-4-2-1-3-5-14/h1-7,12H,8-11,13H2,(H,25,28). The maximum Gasteiger partial charge on any atom is 0.268 e. The lowest BCUT2D eigenvalue weighted by atomic mass is 10.1. The summed E-state index contributed by atoms with van der Waals surface area (Å²) in [5.74, 6) is 0.786. The van der Waals surface area contributed by atoms with E-state index in [1.165, 1.54) is 11.8 Å². The Kier molecular flexibility index (Phi) is 7.27. The van der Waals surface area contributed by atoms with Crippen molar-refractivity contribution in [2.24, 2.45) is 0 Å². The van der Waals surface area contributed by atoms with E-state index in [9.17, 15) is 9.59 Å². The first-order valence-corrected chi connectivity index (χ1v) is 12.4. The second-order valence-electron chi connectivity index (χ2n) is 6.93. The van der Waals surface area contributed by atoms with Crippen LogP contribution in [0.1, 0.15) is 11.3 Å². The molecule has 1 N–H and O–H groups in total. The van der Waals surface area contributed by atoms with Crippen LogP contribution < -0.4 is 10.9 Å². The van der Waals surface area contributed by atoms with Gasteiger partial charge in [-0.1, -0.05) is 65.3 Å². The highest BCUT2D eigenvalue weighted by Crippen LogP contribution is 2.29. The normalized spacial score (nSPS) is 12.6. The number of fused-ring (bicyclic) bond motifs is 1. The summed E-state index contributed by atoms with van der Waals surface area (Å²) in [6.45, 7) is 0.514. The number of anilines is 1. The first-order chi connectivity index (χ1) is 15.0. The summed E-state index contributed by atoms with van der Waals surface area (Å²) in [6, 6.07) is 14.9. The SMILES string of the molecule is O=C(CSc1nc2c(c(=O)n1CCc1ccccc1)SCC2)Nc1ccc(Cl)c(Cl)c1. The molecule has 4 rings (SSSR count). The lowest BCUT2D eigenvalue weighted by Gasteiger charge is -2.14. The molecule has 0 saturated carbocycles. The van der Waals surface area contributed by atoms with E-state index in [0.717, 1.165) is 34.7 Å². The number of carbonyl (C=O) groups excluding carboxylic acids is 1. The third-order valence-corrected chi connectivity index (χ3v) is 7.57. The molecule has 5 nitrogen and oxygen atoms in total. The van der Waals surface area contributed by atoms with Gasteiger partial charge in [-0.05, 0) is 30.2 Å². The van der Waals surface area contributed by atoms with Crippen molar-refractivity contribution in [3.05, 3.63) is 80.2 Å². The Morgan fingerprint density at radius 1 is 1.16 bits per heavy atom. The van der Waals surface area contributed by atoms with E-state index in [4.69, 9.17) is 28.2 Å². The maximum absolute atomic E-state index is 13.1. The Bertz CT molecular complexity index is 1170. The van der Waals surface area contributed by atoms with Crippen molar-refractivity contribution < 1.29 is 4.79 Å². The van der Waals surface area contributed by atoms with E-state index in [0.29, 0.717) is 27.4 Å². The van der Waals surface area contributed by atoms with Crippen LogP contribution in [0.4, 0.5) is 5.69 Å². The summed E-state index contributed by atoms with van der Waals surface area (Å²) in [5, 5.41) is 4.18. The number of halogens is 2. The molecule has 1 aliphatic heterocycles. The van der Waals surface area contributed by atoms with E-state index >= 15 is 0 Å². The van der Waals surface area contributed by atoms with E-state index < -0.39 is 0 Å². The van der Waals surface area contributed by atoms with E-state index in [-0.39, 0.29) is 17.2 Å². The predicted molar refractivity (Wildman–Crippen MR) is 129 cm³/mol. The van der Waals surface area contributed by atoms with Crippen molar-refractivity contribution >= 4 is 58.3 Å². The van der Waals surface area contributed by atoms with Crippen molar-refractivity contribution in [2.75, 3.05) is 16.8 Å². The minimum absolute atomic E-state index is 0.0178. The third kappa shape index (κ3) is 5.47. The highest BCUT2D eigenvalue weighted by atomic mass is 35.5. The lowest BCUT2D eigenvalue weighted by Crippen LogP contribution is -2.27. The molecule has 0 saturated heterocycles. The first kappa shape index (κ1) is 22.3. The maximum atomic E-state index is 13.1. The molecule has 0 atom stereocenters. The van der Waals surface area contributed by atoms with Crippen LogP contribution in [0.2, 0.25) is 10.0 Å². The Morgan fingerprint density at radius 3 is 2.74 bits per heavy atom. The van der Waals surface area contributed by atoms with Crippen LogP contribution in [0, 0.1) is 0 Å². The molecule has 160 valence electrons. The molecule has 1 amide bonds. The largest absolute Gasteiger partial charge is 0.325 e. The molecule has 0 radical (unpaired) electrons. The van der Waals surface area contributed by atoms with Crippen molar-refractivity contribution in [1.29, 1.82) is 0 Å². The molecule has 0 unspecified atom stereocenters. The van der Waals surface area contributed by atoms with Gasteiger partial charge in [0.2, 0.25) is 5.91 Å². The van der Waals surface area contributed by atoms with E-state index in [1.807, 2.05) is 30.3 Å². The Balaban J connectivity index is 1.49. The molecular weight excluding hydrogens is 473 g/mol. The number of hydrogen-bond donors (Lipinski definition) is 1. The highest BCUT2D eigenvalue weighted by molar-refractivity contribution is 8.00. The number of aromatic nitrogens is 2. The van der Waals surface area contributed by atoms with Crippen molar-refractivity contribution in [3.8, 4) is 0 Å². The Labute approximate surface area is 198 Å². The van der Waals surface area contributed by atoms with Gasteiger partial charge in [0, 0.05) is 24.4 Å². The molecule has 2 aromatic carbocycles. The van der Waals surface area contributed by atoms with Crippen LogP contribution in [0.15, 0.2) is 63.4 Å². The van der Waals surface area contributed by atoms with Crippen LogP contribution >= 0.6 is 46.7 Å². The molecule has 0 aliphatic carbocycles. The number of aryl methyl sites for hydroxylation is 2. The minimum Gasteiger partial charge on any atom is -0.325 e. The van der Waals surface area contributed by atoms with Crippen molar-refractivity contribution in [1.82, 2.24) is 9.55 Å². The average molecular weight is 492 g/mol. The number of hydrogen-bond acceptors (Lipinski definition) is 5. The fraction of sp³-hybridized carbons (Fsp3) is 0.227. The molecule has 3 aromatic rings. The van der Waals surface area contributed by atoms with Gasteiger partial charge < -0.3 is 5.32 Å². The van der Waals surface area contributed by atoms with Gasteiger partial charge in [0.1, 0.15) is 0 Å². The molecule has 0 bridgehead atoms. The molecule has 1 aromatic heterocycles. The first-order valence-electron chi connectivity index (χ1n) is 9.69. The third-order valence-electron chi connectivity index (χ3n) is 4.75.